The zero-order chi connectivity index (χ0) is 6.69. The standard InChI is InChI=1S/C7H12NO/c8-7(9)6-4-2-1-3-5-6/h1,6H,2-5H2,(H2,8,9). The van der Waals surface area contributed by atoms with Gasteiger partial charge in [0, 0.05) is 5.92 Å². The minimum atomic E-state index is -0.122. The van der Waals surface area contributed by atoms with Crippen LogP contribution in [-0.2, 0) is 4.79 Å². The molecule has 0 aromatic carbocycles. The van der Waals surface area contributed by atoms with Crippen molar-refractivity contribution in [3.8, 4) is 0 Å². The second-order valence-corrected chi connectivity index (χ2v) is 2.54. The van der Waals surface area contributed by atoms with Gasteiger partial charge in [0.05, 0.1) is 0 Å². The van der Waals surface area contributed by atoms with E-state index in [-0.39, 0.29) is 11.8 Å². The first kappa shape index (κ1) is 6.59. The Kier molecular flexibility index (Phi) is 2.09. The van der Waals surface area contributed by atoms with Crippen LogP contribution in [0.5, 0.6) is 0 Å². The average molecular weight is 126 g/mol. The van der Waals surface area contributed by atoms with E-state index in [1.54, 1.807) is 0 Å². The summed E-state index contributed by atoms with van der Waals surface area (Å²) in [5.74, 6) is 0.0399. The summed E-state index contributed by atoms with van der Waals surface area (Å²) in [6.45, 7) is 0. The quantitative estimate of drug-likeness (QED) is 0.556. The third-order valence-electron chi connectivity index (χ3n) is 1.84. The van der Waals surface area contributed by atoms with E-state index in [1.165, 1.54) is 0 Å². The van der Waals surface area contributed by atoms with Crippen LogP contribution in [0, 0.1) is 12.3 Å². The molecule has 0 aromatic rings. The molecule has 0 saturated heterocycles. The van der Waals surface area contributed by atoms with Crippen LogP contribution in [0.2, 0.25) is 0 Å². The summed E-state index contributed by atoms with van der Waals surface area (Å²) < 4.78 is 0. The van der Waals surface area contributed by atoms with E-state index in [2.05, 4.69) is 6.42 Å². The van der Waals surface area contributed by atoms with Crippen molar-refractivity contribution in [1.82, 2.24) is 0 Å². The van der Waals surface area contributed by atoms with Crippen LogP contribution >= 0.6 is 0 Å². The van der Waals surface area contributed by atoms with Crippen LogP contribution in [0.1, 0.15) is 25.7 Å². The third kappa shape index (κ3) is 1.70. The lowest BCUT2D eigenvalue weighted by molar-refractivity contribution is -0.122. The minimum absolute atomic E-state index is 0.122. The molecule has 1 aliphatic rings. The zero-order valence-corrected chi connectivity index (χ0v) is 5.47. The molecule has 1 radical (unpaired) electrons. The molecular formula is C7H12NO. The van der Waals surface area contributed by atoms with Gasteiger partial charge in [-0.2, -0.15) is 0 Å². The smallest absolute Gasteiger partial charge is 0.220 e. The van der Waals surface area contributed by atoms with Gasteiger partial charge in [0.2, 0.25) is 5.91 Å². The number of hydrogen-bond acceptors (Lipinski definition) is 1. The van der Waals surface area contributed by atoms with Crippen LogP contribution in [0.25, 0.3) is 0 Å². The number of primary amides is 1. The van der Waals surface area contributed by atoms with Gasteiger partial charge in [-0.15, -0.1) is 0 Å². The lowest BCUT2D eigenvalue weighted by Crippen LogP contribution is -2.24. The highest BCUT2D eigenvalue weighted by atomic mass is 16.1. The summed E-state index contributed by atoms with van der Waals surface area (Å²) in [5.41, 5.74) is 5.11. The van der Waals surface area contributed by atoms with Crippen molar-refractivity contribution in [2.24, 2.45) is 11.7 Å². The van der Waals surface area contributed by atoms with E-state index < -0.39 is 0 Å². The predicted molar refractivity (Wildman–Crippen MR) is 35.5 cm³/mol. The lowest BCUT2D eigenvalue weighted by Gasteiger charge is -2.17. The highest BCUT2D eigenvalue weighted by Crippen LogP contribution is 2.21. The van der Waals surface area contributed by atoms with Crippen molar-refractivity contribution in [3.63, 3.8) is 0 Å². The van der Waals surface area contributed by atoms with E-state index in [0.717, 1.165) is 25.7 Å². The fourth-order valence-electron chi connectivity index (χ4n) is 1.21. The Hall–Kier alpha value is -0.530. The van der Waals surface area contributed by atoms with Gasteiger partial charge in [0.1, 0.15) is 0 Å². The summed E-state index contributed by atoms with van der Waals surface area (Å²) in [5, 5.41) is 0. The zero-order valence-electron chi connectivity index (χ0n) is 5.47. The minimum Gasteiger partial charge on any atom is -0.369 e. The molecular weight excluding hydrogens is 114 g/mol. The van der Waals surface area contributed by atoms with Crippen molar-refractivity contribution < 1.29 is 4.79 Å². The molecule has 1 fully saturated rings. The van der Waals surface area contributed by atoms with E-state index in [1.807, 2.05) is 0 Å². The summed E-state index contributed by atoms with van der Waals surface area (Å²) in [6.07, 6.45) is 6.28. The third-order valence-corrected chi connectivity index (χ3v) is 1.84. The molecule has 1 rings (SSSR count). The Labute approximate surface area is 55.4 Å². The molecule has 0 aliphatic heterocycles. The molecule has 1 aliphatic carbocycles. The van der Waals surface area contributed by atoms with Crippen LogP contribution in [0.4, 0.5) is 0 Å². The number of carbonyl (C=O) groups excluding carboxylic acids is 1. The van der Waals surface area contributed by atoms with Gasteiger partial charge in [-0.1, -0.05) is 0 Å². The molecule has 1 amide bonds. The van der Waals surface area contributed by atoms with Crippen LogP contribution < -0.4 is 5.73 Å². The molecule has 9 heavy (non-hydrogen) atoms. The van der Waals surface area contributed by atoms with Crippen molar-refractivity contribution in [3.05, 3.63) is 6.42 Å². The predicted octanol–water partition coefficient (Wildman–Crippen LogP) is 0.866. The van der Waals surface area contributed by atoms with Crippen molar-refractivity contribution >= 4 is 5.91 Å². The summed E-state index contributed by atoms with van der Waals surface area (Å²) >= 11 is 0. The Balaban J connectivity index is 2.31. The molecule has 0 unspecified atom stereocenters. The molecule has 2 heteroatoms. The second kappa shape index (κ2) is 2.85. The Morgan fingerprint density at radius 2 is 2.00 bits per heavy atom. The van der Waals surface area contributed by atoms with Crippen LogP contribution in [0.3, 0.4) is 0 Å². The van der Waals surface area contributed by atoms with Gasteiger partial charge >= 0.3 is 0 Å². The first-order chi connectivity index (χ1) is 4.30. The maximum absolute atomic E-state index is 10.6. The fraction of sp³-hybridized carbons (Fsp3) is 0.714. The van der Waals surface area contributed by atoms with E-state index in [0.29, 0.717) is 0 Å². The van der Waals surface area contributed by atoms with Crippen molar-refractivity contribution in [2.45, 2.75) is 25.7 Å². The van der Waals surface area contributed by atoms with Gasteiger partial charge in [-0.25, -0.2) is 0 Å². The van der Waals surface area contributed by atoms with Gasteiger partial charge in [-0.3, -0.25) is 4.79 Å². The Morgan fingerprint density at radius 3 is 2.33 bits per heavy atom. The van der Waals surface area contributed by atoms with Gasteiger partial charge < -0.3 is 5.73 Å². The number of rotatable bonds is 1. The number of nitrogens with two attached hydrogens (primary N) is 1. The molecule has 2 nitrogen and oxygen atoms in total. The largest absolute Gasteiger partial charge is 0.369 e. The topological polar surface area (TPSA) is 43.1 Å². The molecule has 1 saturated carbocycles. The van der Waals surface area contributed by atoms with E-state index in [9.17, 15) is 4.79 Å². The molecule has 0 atom stereocenters. The second-order valence-electron chi connectivity index (χ2n) is 2.54. The van der Waals surface area contributed by atoms with E-state index in [4.69, 9.17) is 5.73 Å². The number of carbonyl (C=O) groups is 1. The first-order valence-corrected chi connectivity index (χ1v) is 3.41. The van der Waals surface area contributed by atoms with Crippen LogP contribution in [0.15, 0.2) is 0 Å². The van der Waals surface area contributed by atoms with Crippen LogP contribution in [-0.4, -0.2) is 5.91 Å². The van der Waals surface area contributed by atoms with E-state index >= 15 is 0 Å². The summed E-state index contributed by atoms with van der Waals surface area (Å²) in [7, 11) is 0. The monoisotopic (exact) mass is 126 g/mol. The first-order valence-electron chi connectivity index (χ1n) is 3.41. The van der Waals surface area contributed by atoms with Gasteiger partial charge in [0.15, 0.2) is 0 Å². The SMILES string of the molecule is NC(=O)C1CC[CH]CC1. The summed E-state index contributed by atoms with van der Waals surface area (Å²) in [6, 6.07) is 0. The Bertz CT molecular complexity index is 105. The maximum atomic E-state index is 10.6. The molecule has 0 heterocycles. The number of hydrogen-bond donors (Lipinski definition) is 1. The fourth-order valence-corrected chi connectivity index (χ4v) is 1.21. The highest BCUT2D eigenvalue weighted by molar-refractivity contribution is 5.76. The maximum Gasteiger partial charge on any atom is 0.220 e. The average Bonchev–Trinajstić information content (AvgIpc) is 1.90. The highest BCUT2D eigenvalue weighted by Gasteiger charge is 2.17. The molecule has 0 spiro atoms. The lowest BCUT2D eigenvalue weighted by atomic mass is 9.89. The molecule has 0 aromatic heterocycles. The molecule has 0 bridgehead atoms. The van der Waals surface area contributed by atoms with Crippen molar-refractivity contribution in [2.75, 3.05) is 0 Å². The van der Waals surface area contributed by atoms with Gasteiger partial charge in [-0.05, 0) is 32.1 Å². The van der Waals surface area contributed by atoms with Crippen molar-refractivity contribution in [1.29, 1.82) is 0 Å². The number of amides is 1. The normalized spacial score (nSPS) is 21.8. The Morgan fingerprint density at radius 1 is 1.44 bits per heavy atom. The summed E-state index contributed by atoms with van der Waals surface area (Å²) in [4.78, 5) is 10.6. The van der Waals surface area contributed by atoms with Gasteiger partial charge in [0.25, 0.3) is 0 Å². The molecule has 2 N–H and O–H groups in total. The molecule has 51 valence electrons.